The minimum atomic E-state index is -0.830. The van der Waals surface area contributed by atoms with Gasteiger partial charge < -0.3 is 9.80 Å². The molecule has 3 aliphatic rings. The second-order valence-corrected chi connectivity index (χ2v) is 9.47. The van der Waals surface area contributed by atoms with Gasteiger partial charge in [-0.05, 0) is 51.1 Å². The number of carbonyl (C=O) groups is 2. The molecule has 2 amide bonds. The number of halogens is 2. The maximum Gasteiger partial charge on any atom is 0.234 e. The van der Waals surface area contributed by atoms with Crippen LogP contribution < -0.4 is 16.1 Å². The smallest absolute Gasteiger partial charge is 0.234 e. The van der Waals surface area contributed by atoms with Gasteiger partial charge in [0.1, 0.15) is 11.6 Å². The lowest BCUT2D eigenvalue weighted by Crippen LogP contribution is -2.48. The molecule has 3 aliphatic heterocycles. The van der Waals surface area contributed by atoms with Crippen LogP contribution in [0.3, 0.4) is 0 Å². The van der Waals surface area contributed by atoms with Crippen LogP contribution in [0.15, 0.2) is 12.1 Å². The fourth-order valence-electron chi connectivity index (χ4n) is 5.29. The lowest BCUT2D eigenvalue weighted by molar-refractivity contribution is -0.134. The first kappa shape index (κ1) is 23.1. The van der Waals surface area contributed by atoms with Gasteiger partial charge in [0.2, 0.25) is 11.8 Å². The number of hydrogen-bond acceptors (Lipinski definition) is 6. The third kappa shape index (κ3) is 5.10. The molecule has 4 rings (SSSR count). The summed E-state index contributed by atoms with van der Waals surface area (Å²) in [6.45, 7) is 4.20. The molecule has 3 N–H and O–H groups in total. The normalized spacial score (nSPS) is 24.3. The van der Waals surface area contributed by atoms with Gasteiger partial charge in [-0.2, -0.15) is 0 Å². The van der Waals surface area contributed by atoms with Gasteiger partial charge in [0.15, 0.2) is 0 Å². The molecule has 1 atom stereocenters. The van der Waals surface area contributed by atoms with E-state index in [0.29, 0.717) is 25.0 Å². The highest BCUT2D eigenvalue weighted by atomic mass is 19.1. The molecule has 32 heavy (non-hydrogen) atoms. The molecule has 3 fully saturated rings. The topological polar surface area (TPSA) is 81.9 Å². The van der Waals surface area contributed by atoms with Crippen molar-refractivity contribution in [1.29, 1.82) is 0 Å². The number of hydrogen-bond donors (Lipinski definition) is 2. The number of imide groups is 1. The summed E-state index contributed by atoms with van der Waals surface area (Å²) in [5.41, 5.74) is 0.275. The molecule has 0 aromatic heterocycles. The summed E-state index contributed by atoms with van der Waals surface area (Å²) < 4.78 is 29.8. The molecule has 0 bridgehead atoms. The Balaban J connectivity index is 1.35. The number of amides is 2. The molecule has 0 aliphatic carbocycles. The average Bonchev–Trinajstić information content (AvgIpc) is 2.76. The number of nitrogens with two attached hydrogens (primary N) is 1. The van der Waals surface area contributed by atoms with Crippen LogP contribution >= 0.6 is 0 Å². The summed E-state index contributed by atoms with van der Waals surface area (Å²) in [7, 11) is 2.17. The van der Waals surface area contributed by atoms with E-state index in [0.717, 1.165) is 51.4 Å². The van der Waals surface area contributed by atoms with E-state index in [4.69, 9.17) is 5.84 Å². The van der Waals surface area contributed by atoms with Crippen LogP contribution in [-0.4, -0.2) is 67.5 Å². The Morgan fingerprint density at radius 3 is 2.38 bits per heavy atom. The number of anilines is 1. The van der Waals surface area contributed by atoms with Crippen molar-refractivity contribution >= 4 is 17.5 Å². The van der Waals surface area contributed by atoms with Crippen molar-refractivity contribution in [2.75, 3.05) is 44.7 Å². The summed E-state index contributed by atoms with van der Waals surface area (Å²) in [6.07, 6.45) is 4.34. The monoisotopic (exact) mass is 449 g/mol. The van der Waals surface area contributed by atoms with Gasteiger partial charge in [0.05, 0.1) is 11.6 Å². The van der Waals surface area contributed by atoms with Crippen molar-refractivity contribution in [2.24, 2.45) is 11.8 Å². The van der Waals surface area contributed by atoms with Crippen LogP contribution in [0.25, 0.3) is 0 Å². The van der Waals surface area contributed by atoms with Crippen LogP contribution in [0.5, 0.6) is 0 Å². The second kappa shape index (κ2) is 9.80. The van der Waals surface area contributed by atoms with E-state index in [-0.39, 0.29) is 30.0 Å². The molecule has 1 aromatic carbocycles. The number of nitrogens with zero attached hydrogens (tertiary/aromatic N) is 3. The number of rotatable bonds is 5. The number of nitrogens with one attached hydrogen (secondary N) is 1. The maximum absolute atomic E-state index is 14.9. The highest BCUT2D eigenvalue weighted by Crippen LogP contribution is 2.33. The molecule has 0 spiro atoms. The Kier molecular flexibility index (Phi) is 7.07. The van der Waals surface area contributed by atoms with Crippen LogP contribution in [0.2, 0.25) is 0 Å². The fraction of sp³-hybridized carbons (Fsp3) is 0.652. The van der Waals surface area contributed by atoms with Crippen molar-refractivity contribution in [2.45, 2.75) is 50.5 Å². The van der Waals surface area contributed by atoms with Gasteiger partial charge >= 0.3 is 0 Å². The Labute approximate surface area is 187 Å². The number of benzene rings is 1. The standard InChI is InChI=1S/C23H33F2N5O2/c1-28(16-6-10-30(26)11-7-16)14-15-4-8-29(9-5-15)21-13-19(24)18(12-20(21)25)17-2-3-22(31)27-23(17)32/h12-13,15-17H,2-11,14,26H2,1H3,(H,27,31,32). The van der Waals surface area contributed by atoms with Crippen molar-refractivity contribution in [1.82, 2.24) is 15.2 Å². The minimum absolute atomic E-state index is 0.0243. The minimum Gasteiger partial charge on any atom is -0.369 e. The van der Waals surface area contributed by atoms with Crippen molar-refractivity contribution in [3.63, 3.8) is 0 Å². The predicted molar refractivity (Wildman–Crippen MR) is 118 cm³/mol. The van der Waals surface area contributed by atoms with E-state index in [1.54, 1.807) is 0 Å². The molecule has 1 unspecified atom stereocenters. The quantitative estimate of drug-likeness (QED) is 0.529. The molecule has 3 heterocycles. The van der Waals surface area contributed by atoms with Crippen LogP contribution in [0.1, 0.15) is 50.0 Å². The van der Waals surface area contributed by atoms with Crippen molar-refractivity contribution < 1.29 is 18.4 Å². The van der Waals surface area contributed by atoms with E-state index in [9.17, 15) is 18.4 Å². The molecule has 0 saturated carbocycles. The van der Waals surface area contributed by atoms with Gasteiger partial charge in [-0.15, -0.1) is 0 Å². The Morgan fingerprint density at radius 1 is 1.03 bits per heavy atom. The van der Waals surface area contributed by atoms with Gasteiger partial charge in [-0.1, -0.05) is 0 Å². The zero-order valence-corrected chi connectivity index (χ0v) is 18.7. The number of piperidine rings is 3. The van der Waals surface area contributed by atoms with Crippen molar-refractivity contribution in [3.8, 4) is 0 Å². The Morgan fingerprint density at radius 2 is 1.72 bits per heavy atom. The molecule has 176 valence electrons. The second-order valence-electron chi connectivity index (χ2n) is 9.47. The Bertz CT molecular complexity index is 851. The number of hydrazine groups is 1. The third-order valence-corrected chi connectivity index (χ3v) is 7.30. The van der Waals surface area contributed by atoms with E-state index in [2.05, 4.69) is 17.3 Å². The first-order valence-electron chi connectivity index (χ1n) is 11.6. The highest BCUT2D eigenvalue weighted by molar-refractivity contribution is 6.01. The van der Waals surface area contributed by atoms with E-state index >= 15 is 0 Å². The zero-order chi connectivity index (χ0) is 22.8. The first-order valence-corrected chi connectivity index (χ1v) is 11.6. The van der Waals surface area contributed by atoms with Crippen LogP contribution in [0, 0.1) is 17.6 Å². The van der Waals surface area contributed by atoms with Crippen LogP contribution in [0.4, 0.5) is 14.5 Å². The summed E-state index contributed by atoms with van der Waals surface area (Å²) in [6, 6.07) is 2.90. The van der Waals surface area contributed by atoms with Gasteiger partial charge in [-0.3, -0.25) is 20.7 Å². The van der Waals surface area contributed by atoms with Crippen molar-refractivity contribution in [3.05, 3.63) is 29.3 Å². The lowest BCUT2D eigenvalue weighted by Gasteiger charge is -2.39. The lowest BCUT2D eigenvalue weighted by atomic mass is 9.89. The summed E-state index contributed by atoms with van der Waals surface area (Å²) in [5.74, 6) is 3.51. The SMILES string of the molecule is CN(CC1CCN(c2cc(F)c(C3CCC(=O)NC3=O)cc2F)CC1)C1CCN(N)CC1. The van der Waals surface area contributed by atoms with Crippen LogP contribution in [-0.2, 0) is 9.59 Å². The fourth-order valence-corrected chi connectivity index (χ4v) is 5.29. The predicted octanol–water partition coefficient (Wildman–Crippen LogP) is 1.97. The summed E-state index contributed by atoms with van der Waals surface area (Å²) >= 11 is 0. The van der Waals surface area contributed by atoms with E-state index in [1.807, 2.05) is 9.91 Å². The molecular weight excluding hydrogens is 416 g/mol. The molecular formula is C23H33F2N5O2. The van der Waals surface area contributed by atoms with Gasteiger partial charge in [0, 0.05) is 56.8 Å². The summed E-state index contributed by atoms with van der Waals surface area (Å²) in [4.78, 5) is 27.7. The first-order chi connectivity index (χ1) is 15.3. The van der Waals surface area contributed by atoms with Gasteiger partial charge in [-0.25, -0.2) is 13.8 Å². The molecule has 9 heteroatoms. The average molecular weight is 450 g/mol. The van der Waals surface area contributed by atoms with Gasteiger partial charge in [0.25, 0.3) is 0 Å². The molecule has 7 nitrogen and oxygen atoms in total. The number of carbonyl (C=O) groups excluding carboxylic acids is 2. The molecule has 3 saturated heterocycles. The molecule has 1 aromatic rings. The summed E-state index contributed by atoms with van der Waals surface area (Å²) in [5, 5.41) is 4.09. The highest BCUT2D eigenvalue weighted by Gasteiger charge is 2.32. The Hall–Kier alpha value is -2.10. The molecule has 0 radical (unpaired) electrons. The largest absolute Gasteiger partial charge is 0.369 e. The third-order valence-electron chi connectivity index (χ3n) is 7.30. The van der Waals surface area contributed by atoms with E-state index in [1.165, 1.54) is 6.07 Å². The van der Waals surface area contributed by atoms with E-state index < -0.39 is 23.5 Å². The maximum atomic E-state index is 14.9. The zero-order valence-electron chi connectivity index (χ0n) is 18.7.